The number of amides is 1. The van der Waals surface area contributed by atoms with E-state index in [0.717, 1.165) is 11.3 Å². The van der Waals surface area contributed by atoms with Crippen molar-refractivity contribution in [3.05, 3.63) is 70.3 Å². The Labute approximate surface area is 138 Å². The molecule has 2 heterocycles. The summed E-state index contributed by atoms with van der Waals surface area (Å²) in [4.78, 5) is 20.7. The Bertz CT molecular complexity index is 803. The molecule has 1 aromatic carbocycles. The number of hydrogen-bond acceptors (Lipinski definition) is 5. The number of rotatable bonds is 5. The highest BCUT2D eigenvalue weighted by Crippen LogP contribution is 2.17. The summed E-state index contributed by atoms with van der Waals surface area (Å²) in [5, 5.41) is 4.74. The van der Waals surface area contributed by atoms with E-state index in [2.05, 4.69) is 15.3 Å². The number of thiazole rings is 1. The molecule has 0 saturated carbocycles. The molecule has 0 aliphatic rings. The van der Waals surface area contributed by atoms with Gasteiger partial charge in [-0.25, -0.2) is 9.97 Å². The molecule has 0 aliphatic carbocycles. The first-order valence-electron chi connectivity index (χ1n) is 7.05. The number of ether oxygens (including phenoxy) is 1. The summed E-state index contributed by atoms with van der Waals surface area (Å²) in [7, 11) is 0. The molecule has 2 aromatic heterocycles. The predicted molar refractivity (Wildman–Crippen MR) is 89.8 cm³/mol. The molecule has 116 valence electrons. The van der Waals surface area contributed by atoms with Crippen molar-refractivity contribution in [3.8, 4) is 5.75 Å². The van der Waals surface area contributed by atoms with Crippen molar-refractivity contribution in [2.24, 2.45) is 0 Å². The Morgan fingerprint density at radius 3 is 2.96 bits per heavy atom. The molecule has 1 amide bonds. The van der Waals surface area contributed by atoms with Crippen molar-refractivity contribution < 1.29 is 9.53 Å². The van der Waals surface area contributed by atoms with Crippen LogP contribution in [0.4, 0.5) is 5.82 Å². The summed E-state index contributed by atoms with van der Waals surface area (Å²) in [5.41, 5.74) is 4.06. The molecule has 23 heavy (non-hydrogen) atoms. The van der Waals surface area contributed by atoms with Gasteiger partial charge >= 0.3 is 0 Å². The van der Waals surface area contributed by atoms with Gasteiger partial charge in [0, 0.05) is 17.1 Å². The first-order chi connectivity index (χ1) is 11.2. The summed E-state index contributed by atoms with van der Waals surface area (Å²) in [6, 6.07) is 10.8. The van der Waals surface area contributed by atoms with E-state index in [-0.39, 0.29) is 5.91 Å². The van der Waals surface area contributed by atoms with E-state index in [9.17, 15) is 4.79 Å². The number of nitrogens with zero attached hydrogens (tertiary/aromatic N) is 2. The van der Waals surface area contributed by atoms with Crippen molar-refractivity contribution in [1.82, 2.24) is 9.97 Å². The maximum absolute atomic E-state index is 12.3. The van der Waals surface area contributed by atoms with Gasteiger partial charge in [0.15, 0.2) is 0 Å². The van der Waals surface area contributed by atoms with Crippen LogP contribution >= 0.6 is 11.3 Å². The fraction of sp³-hybridized carbons (Fsp3) is 0.118. The van der Waals surface area contributed by atoms with Crippen molar-refractivity contribution in [1.29, 1.82) is 0 Å². The molecule has 0 fully saturated rings. The van der Waals surface area contributed by atoms with Crippen LogP contribution in [0.15, 0.2) is 53.5 Å². The number of carbonyl (C=O) groups excluding carboxylic acids is 1. The standard InChI is InChI=1S/C17H15N3O2S/c1-12-4-3-7-18-16(12)20-17(21)13-5-2-6-15(8-13)22-9-14-10-23-11-19-14/h2-8,10-11H,9H2,1H3,(H,18,20,21). The van der Waals surface area contributed by atoms with Gasteiger partial charge in [0.1, 0.15) is 18.2 Å². The van der Waals surface area contributed by atoms with Gasteiger partial charge in [0.25, 0.3) is 5.91 Å². The topological polar surface area (TPSA) is 64.1 Å². The Morgan fingerprint density at radius 1 is 1.26 bits per heavy atom. The largest absolute Gasteiger partial charge is 0.487 e. The minimum Gasteiger partial charge on any atom is -0.487 e. The number of benzene rings is 1. The quantitative estimate of drug-likeness (QED) is 0.777. The summed E-state index contributed by atoms with van der Waals surface area (Å²) in [5.74, 6) is 0.973. The van der Waals surface area contributed by atoms with Gasteiger partial charge in [0.2, 0.25) is 0 Å². The zero-order valence-corrected chi connectivity index (χ0v) is 13.3. The molecule has 6 heteroatoms. The fourth-order valence-corrected chi connectivity index (χ4v) is 2.53. The minimum absolute atomic E-state index is 0.217. The average Bonchev–Trinajstić information content (AvgIpc) is 3.09. The van der Waals surface area contributed by atoms with Crippen LogP contribution in [-0.4, -0.2) is 15.9 Å². The third kappa shape index (κ3) is 3.92. The van der Waals surface area contributed by atoms with Gasteiger partial charge in [-0.1, -0.05) is 12.1 Å². The van der Waals surface area contributed by atoms with Crippen molar-refractivity contribution in [3.63, 3.8) is 0 Å². The van der Waals surface area contributed by atoms with Gasteiger partial charge in [-0.2, -0.15) is 0 Å². The number of hydrogen-bond donors (Lipinski definition) is 1. The van der Waals surface area contributed by atoms with Gasteiger partial charge in [-0.15, -0.1) is 11.3 Å². The molecule has 0 atom stereocenters. The van der Waals surface area contributed by atoms with Crippen LogP contribution in [0.5, 0.6) is 5.75 Å². The molecule has 0 spiro atoms. The molecular formula is C17H15N3O2S. The molecule has 1 N–H and O–H groups in total. The summed E-state index contributed by atoms with van der Waals surface area (Å²) in [6.45, 7) is 2.28. The van der Waals surface area contributed by atoms with Gasteiger partial charge in [-0.3, -0.25) is 4.79 Å². The van der Waals surface area contributed by atoms with E-state index in [4.69, 9.17) is 4.74 Å². The highest BCUT2D eigenvalue weighted by Gasteiger charge is 2.09. The fourth-order valence-electron chi connectivity index (χ4n) is 1.99. The molecule has 0 unspecified atom stereocenters. The molecule has 0 bridgehead atoms. The lowest BCUT2D eigenvalue weighted by Gasteiger charge is -2.09. The minimum atomic E-state index is -0.217. The second-order valence-electron chi connectivity index (χ2n) is 4.92. The summed E-state index contributed by atoms with van der Waals surface area (Å²) in [6.07, 6.45) is 1.65. The second-order valence-corrected chi connectivity index (χ2v) is 5.64. The number of anilines is 1. The van der Waals surface area contributed by atoms with Crippen LogP contribution in [0.25, 0.3) is 0 Å². The van der Waals surface area contributed by atoms with Gasteiger partial charge in [-0.05, 0) is 36.8 Å². The lowest BCUT2D eigenvalue weighted by molar-refractivity contribution is 0.102. The summed E-state index contributed by atoms with van der Waals surface area (Å²) >= 11 is 1.52. The van der Waals surface area contributed by atoms with Crippen molar-refractivity contribution in [2.45, 2.75) is 13.5 Å². The molecule has 0 radical (unpaired) electrons. The van der Waals surface area contributed by atoms with E-state index in [1.54, 1.807) is 29.9 Å². The van der Waals surface area contributed by atoms with E-state index in [0.29, 0.717) is 23.7 Å². The molecule has 3 aromatic rings. The number of aromatic nitrogens is 2. The summed E-state index contributed by atoms with van der Waals surface area (Å²) < 4.78 is 5.66. The number of carbonyl (C=O) groups is 1. The third-order valence-electron chi connectivity index (χ3n) is 3.21. The zero-order valence-electron chi connectivity index (χ0n) is 12.5. The smallest absolute Gasteiger partial charge is 0.256 e. The van der Waals surface area contributed by atoms with Crippen LogP contribution in [0.3, 0.4) is 0 Å². The van der Waals surface area contributed by atoms with Crippen molar-refractivity contribution in [2.75, 3.05) is 5.32 Å². The molecule has 0 aliphatic heterocycles. The molecular weight excluding hydrogens is 310 g/mol. The normalized spacial score (nSPS) is 10.3. The Hall–Kier alpha value is -2.73. The Balaban J connectivity index is 1.69. The lowest BCUT2D eigenvalue weighted by atomic mass is 10.2. The number of aryl methyl sites for hydroxylation is 1. The average molecular weight is 325 g/mol. The van der Waals surface area contributed by atoms with Crippen LogP contribution in [0, 0.1) is 6.92 Å². The Morgan fingerprint density at radius 2 is 2.17 bits per heavy atom. The number of nitrogens with one attached hydrogen (secondary N) is 1. The SMILES string of the molecule is Cc1cccnc1NC(=O)c1cccc(OCc2cscn2)c1. The van der Waals surface area contributed by atoms with Crippen molar-refractivity contribution >= 4 is 23.1 Å². The van der Waals surface area contributed by atoms with Crippen LogP contribution in [0.2, 0.25) is 0 Å². The van der Waals surface area contributed by atoms with Crippen LogP contribution in [0.1, 0.15) is 21.6 Å². The van der Waals surface area contributed by atoms with E-state index >= 15 is 0 Å². The van der Waals surface area contributed by atoms with E-state index in [1.165, 1.54) is 11.3 Å². The first kappa shape index (κ1) is 15.2. The van der Waals surface area contributed by atoms with Gasteiger partial charge < -0.3 is 10.1 Å². The third-order valence-corrected chi connectivity index (χ3v) is 3.84. The maximum Gasteiger partial charge on any atom is 0.256 e. The van der Waals surface area contributed by atoms with E-state index < -0.39 is 0 Å². The van der Waals surface area contributed by atoms with E-state index in [1.807, 2.05) is 30.5 Å². The van der Waals surface area contributed by atoms with Gasteiger partial charge in [0.05, 0.1) is 11.2 Å². The highest BCUT2D eigenvalue weighted by atomic mass is 32.1. The monoisotopic (exact) mass is 325 g/mol. The number of pyridine rings is 1. The van der Waals surface area contributed by atoms with Crippen LogP contribution in [-0.2, 0) is 6.61 Å². The molecule has 0 saturated heterocycles. The maximum atomic E-state index is 12.3. The zero-order chi connectivity index (χ0) is 16.1. The Kier molecular flexibility index (Phi) is 4.63. The highest BCUT2D eigenvalue weighted by molar-refractivity contribution is 7.07. The van der Waals surface area contributed by atoms with Crippen LogP contribution < -0.4 is 10.1 Å². The first-order valence-corrected chi connectivity index (χ1v) is 7.99. The predicted octanol–water partition coefficient (Wildman–Crippen LogP) is 3.68. The molecule has 3 rings (SSSR count). The lowest BCUT2D eigenvalue weighted by Crippen LogP contribution is -2.14. The second kappa shape index (κ2) is 7.02. The molecule has 5 nitrogen and oxygen atoms in total.